The Bertz CT molecular complexity index is 1190. The molecule has 170 valence electrons. The number of aromatic nitrogens is 1. The van der Waals surface area contributed by atoms with Crippen molar-refractivity contribution >= 4 is 34.4 Å². The molecule has 0 saturated carbocycles. The number of hydrogen-bond acceptors (Lipinski definition) is 5. The van der Waals surface area contributed by atoms with Crippen LogP contribution in [0.4, 0.5) is 5.69 Å². The zero-order chi connectivity index (χ0) is 23.0. The van der Waals surface area contributed by atoms with Crippen LogP contribution in [0.5, 0.6) is 0 Å². The molecular formula is C25H26N4O4. The van der Waals surface area contributed by atoms with E-state index in [0.29, 0.717) is 37.2 Å². The highest BCUT2D eigenvalue weighted by Crippen LogP contribution is 2.38. The van der Waals surface area contributed by atoms with E-state index in [2.05, 4.69) is 10.3 Å². The van der Waals surface area contributed by atoms with Crippen molar-refractivity contribution in [3.05, 3.63) is 65.9 Å². The van der Waals surface area contributed by atoms with Gasteiger partial charge in [0, 0.05) is 42.5 Å². The van der Waals surface area contributed by atoms with Gasteiger partial charge in [0.25, 0.3) is 11.8 Å². The summed E-state index contributed by atoms with van der Waals surface area (Å²) in [6.45, 7) is 2.77. The predicted molar refractivity (Wildman–Crippen MR) is 124 cm³/mol. The maximum absolute atomic E-state index is 13.4. The molecular weight excluding hydrogens is 420 g/mol. The van der Waals surface area contributed by atoms with Gasteiger partial charge in [-0.3, -0.25) is 14.4 Å². The molecule has 5 rings (SSSR count). The third kappa shape index (κ3) is 3.71. The van der Waals surface area contributed by atoms with Crippen LogP contribution < -0.4 is 5.32 Å². The number of H-pyrrole nitrogens is 1. The number of likely N-dealkylation sites (tertiary alicyclic amines) is 1. The van der Waals surface area contributed by atoms with E-state index < -0.39 is 11.6 Å². The largest absolute Gasteiger partial charge is 0.465 e. The van der Waals surface area contributed by atoms with E-state index >= 15 is 0 Å². The van der Waals surface area contributed by atoms with Gasteiger partial charge >= 0.3 is 5.97 Å². The van der Waals surface area contributed by atoms with Crippen molar-refractivity contribution in [1.29, 1.82) is 0 Å². The lowest BCUT2D eigenvalue weighted by Gasteiger charge is -2.51. The Kier molecular flexibility index (Phi) is 5.28. The summed E-state index contributed by atoms with van der Waals surface area (Å²) < 4.78 is 5.13. The van der Waals surface area contributed by atoms with E-state index in [1.165, 1.54) is 0 Å². The number of aromatic amines is 1. The number of fused-ring (bicyclic) bond motifs is 2. The zero-order valence-electron chi connectivity index (χ0n) is 18.5. The number of hydrogen-bond donors (Lipinski definition) is 2. The minimum Gasteiger partial charge on any atom is -0.465 e. The van der Waals surface area contributed by atoms with Crippen molar-refractivity contribution in [2.45, 2.75) is 25.4 Å². The van der Waals surface area contributed by atoms with Crippen molar-refractivity contribution in [3.8, 4) is 0 Å². The Morgan fingerprint density at radius 1 is 1.06 bits per heavy atom. The molecule has 2 N–H and O–H groups in total. The summed E-state index contributed by atoms with van der Waals surface area (Å²) >= 11 is 0. The molecule has 1 spiro atoms. The Morgan fingerprint density at radius 2 is 1.79 bits per heavy atom. The fourth-order valence-corrected chi connectivity index (χ4v) is 4.83. The van der Waals surface area contributed by atoms with Gasteiger partial charge in [0.1, 0.15) is 17.9 Å². The molecule has 0 aliphatic carbocycles. The second-order valence-corrected chi connectivity index (χ2v) is 8.46. The van der Waals surface area contributed by atoms with Crippen LogP contribution in [-0.4, -0.2) is 64.5 Å². The fourth-order valence-electron chi connectivity index (χ4n) is 4.83. The molecule has 2 aliphatic heterocycles. The molecule has 1 saturated heterocycles. The molecule has 0 atom stereocenters. The number of para-hydroxylation sites is 2. The molecule has 1 fully saturated rings. The molecule has 0 radical (unpaired) electrons. The third-order valence-electron chi connectivity index (χ3n) is 6.52. The number of rotatable bonds is 4. The monoisotopic (exact) mass is 446 g/mol. The normalized spacial score (nSPS) is 17.1. The second-order valence-electron chi connectivity index (χ2n) is 8.46. The topological polar surface area (TPSA) is 94.7 Å². The summed E-state index contributed by atoms with van der Waals surface area (Å²) in [5, 5.41) is 4.50. The number of nitrogens with one attached hydrogen (secondary N) is 2. The number of amides is 2. The molecule has 1 aromatic heterocycles. The zero-order valence-corrected chi connectivity index (χ0v) is 18.5. The van der Waals surface area contributed by atoms with Crippen molar-refractivity contribution in [2.24, 2.45) is 0 Å². The quantitative estimate of drug-likeness (QED) is 0.600. The Balaban J connectivity index is 1.38. The molecule has 8 heteroatoms. The molecule has 0 unspecified atom stereocenters. The average Bonchev–Trinajstić information content (AvgIpc) is 3.26. The van der Waals surface area contributed by atoms with Crippen LogP contribution in [-0.2, 0) is 9.53 Å². The first-order valence-electron chi connectivity index (χ1n) is 11.2. The minimum absolute atomic E-state index is 0.0690. The number of benzene rings is 2. The Labute approximate surface area is 191 Å². The van der Waals surface area contributed by atoms with Gasteiger partial charge in [-0.05, 0) is 31.2 Å². The number of anilines is 1. The number of carbonyl (C=O) groups excluding carboxylic acids is 3. The van der Waals surface area contributed by atoms with E-state index in [-0.39, 0.29) is 25.0 Å². The van der Waals surface area contributed by atoms with Gasteiger partial charge in [-0.25, -0.2) is 0 Å². The van der Waals surface area contributed by atoms with Gasteiger partial charge in [-0.15, -0.1) is 0 Å². The number of nitrogens with zero attached hydrogens (tertiary/aromatic N) is 2. The smallest absolute Gasteiger partial charge is 0.325 e. The minimum atomic E-state index is -0.755. The molecule has 2 aliphatic rings. The van der Waals surface area contributed by atoms with Gasteiger partial charge < -0.3 is 24.8 Å². The second kappa shape index (κ2) is 8.27. The van der Waals surface area contributed by atoms with Crippen LogP contribution in [0.3, 0.4) is 0 Å². The van der Waals surface area contributed by atoms with Crippen LogP contribution in [0, 0.1) is 0 Å². The maximum Gasteiger partial charge on any atom is 0.325 e. The van der Waals surface area contributed by atoms with Gasteiger partial charge in [-0.1, -0.05) is 30.3 Å². The lowest BCUT2D eigenvalue weighted by molar-refractivity contribution is -0.145. The molecule has 3 heterocycles. The highest BCUT2D eigenvalue weighted by molar-refractivity contribution is 6.03. The van der Waals surface area contributed by atoms with Crippen molar-refractivity contribution in [2.75, 3.05) is 31.6 Å². The average molecular weight is 447 g/mol. The standard InChI is InChI=1S/C25H26N4O4/c1-2-33-22(30)16-29-23(31)18-8-4-6-10-20(18)27-25(29)11-13-28(14-12-25)24(32)21-15-17-7-3-5-9-19(17)26-21/h3-10,15,26-27H,2,11-14,16H2,1H3. The molecule has 33 heavy (non-hydrogen) atoms. The Morgan fingerprint density at radius 3 is 2.55 bits per heavy atom. The summed E-state index contributed by atoms with van der Waals surface area (Å²) in [4.78, 5) is 45.4. The molecule has 3 aromatic rings. The number of carbonyl (C=O) groups is 3. The summed E-state index contributed by atoms with van der Waals surface area (Å²) in [6.07, 6.45) is 0.997. The SMILES string of the molecule is CCOC(=O)CN1C(=O)c2ccccc2NC12CCN(C(=O)c1cc3ccccc3[nH]1)CC2. The van der Waals surface area contributed by atoms with E-state index in [0.717, 1.165) is 16.6 Å². The number of esters is 1. The molecule has 2 amide bonds. The van der Waals surface area contributed by atoms with Crippen LogP contribution in [0.25, 0.3) is 10.9 Å². The third-order valence-corrected chi connectivity index (χ3v) is 6.52. The first-order valence-corrected chi connectivity index (χ1v) is 11.2. The lowest BCUT2D eigenvalue weighted by Crippen LogP contribution is -2.65. The van der Waals surface area contributed by atoms with E-state index in [1.807, 2.05) is 42.5 Å². The van der Waals surface area contributed by atoms with Gasteiger partial charge in [0.15, 0.2) is 0 Å². The van der Waals surface area contributed by atoms with Gasteiger partial charge in [0.05, 0.1) is 12.2 Å². The summed E-state index contributed by atoms with van der Waals surface area (Å²) in [5.41, 5.74) is 2.00. The van der Waals surface area contributed by atoms with Crippen molar-refractivity contribution in [3.63, 3.8) is 0 Å². The van der Waals surface area contributed by atoms with Crippen molar-refractivity contribution in [1.82, 2.24) is 14.8 Å². The van der Waals surface area contributed by atoms with Crippen LogP contribution >= 0.6 is 0 Å². The van der Waals surface area contributed by atoms with E-state index in [1.54, 1.807) is 28.9 Å². The first kappa shape index (κ1) is 21.1. The van der Waals surface area contributed by atoms with Crippen LogP contribution in [0.1, 0.15) is 40.6 Å². The first-order chi connectivity index (χ1) is 16.0. The molecule has 2 aromatic carbocycles. The Hall–Kier alpha value is -3.81. The number of piperidine rings is 1. The van der Waals surface area contributed by atoms with Crippen LogP contribution in [0.2, 0.25) is 0 Å². The van der Waals surface area contributed by atoms with Gasteiger partial charge in [0.2, 0.25) is 0 Å². The van der Waals surface area contributed by atoms with Gasteiger partial charge in [-0.2, -0.15) is 0 Å². The number of ether oxygens (including phenoxy) is 1. The lowest BCUT2D eigenvalue weighted by atomic mass is 9.89. The summed E-state index contributed by atoms with van der Waals surface area (Å²) in [5.74, 6) is -0.712. The molecule has 8 nitrogen and oxygen atoms in total. The maximum atomic E-state index is 13.4. The highest BCUT2D eigenvalue weighted by atomic mass is 16.5. The fraction of sp³-hybridized carbons (Fsp3) is 0.320. The summed E-state index contributed by atoms with van der Waals surface area (Å²) in [7, 11) is 0. The highest BCUT2D eigenvalue weighted by Gasteiger charge is 2.48. The summed E-state index contributed by atoms with van der Waals surface area (Å²) in [6, 6.07) is 17.0. The predicted octanol–water partition coefficient (Wildman–Crippen LogP) is 3.23. The van der Waals surface area contributed by atoms with E-state index in [9.17, 15) is 14.4 Å². The molecule has 0 bridgehead atoms. The van der Waals surface area contributed by atoms with Crippen molar-refractivity contribution < 1.29 is 19.1 Å². The van der Waals surface area contributed by atoms with Crippen LogP contribution in [0.15, 0.2) is 54.6 Å². The van der Waals surface area contributed by atoms with E-state index in [4.69, 9.17) is 4.74 Å².